The van der Waals surface area contributed by atoms with E-state index in [0.29, 0.717) is 0 Å². The summed E-state index contributed by atoms with van der Waals surface area (Å²) in [6, 6.07) is 12.0. The summed E-state index contributed by atoms with van der Waals surface area (Å²) in [6.07, 6.45) is 0. The molecule has 52 valence electrons. The van der Waals surface area contributed by atoms with Gasteiger partial charge in [-0.25, -0.2) is 0 Å². The normalized spacial score (nSPS) is 5.33. The Morgan fingerprint density at radius 1 is 0.444 bits per heavy atom. The van der Waals surface area contributed by atoms with Crippen LogP contribution in [0.4, 0.5) is 0 Å². The van der Waals surface area contributed by atoms with Crippen molar-refractivity contribution in [3.8, 4) is 0 Å². The van der Waals surface area contributed by atoms with Gasteiger partial charge < -0.3 is 0 Å². The number of hydrogen-bond donors (Lipinski definition) is 0. The monoisotopic (exact) mass is 182 g/mol. The average Bonchev–Trinajstić information content (AvgIpc) is 1.72. The van der Waals surface area contributed by atoms with Crippen LogP contribution < -0.4 is 0 Å². The maximum absolute atomic E-state index is 2.00. The van der Waals surface area contributed by atoms with Crippen LogP contribution >= 0.6 is 38.3 Å². The van der Waals surface area contributed by atoms with Crippen LogP contribution in [0, 0.1) is 0 Å². The molecule has 0 heterocycles. The van der Waals surface area contributed by atoms with Gasteiger partial charge in [0.1, 0.15) is 0 Å². The van der Waals surface area contributed by atoms with E-state index in [1.807, 2.05) is 36.4 Å². The van der Waals surface area contributed by atoms with Gasteiger partial charge in [-0.05, 0) is 0 Å². The molecule has 0 saturated carbocycles. The lowest BCUT2D eigenvalue weighted by Gasteiger charge is -1.69. The van der Waals surface area contributed by atoms with Crippen molar-refractivity contribution < 1.29 is 0 Å². The SMILES string of the molecule is Cl.Cl.[S].c1ccccc1. The van der Waals surface area contributed by atoms with E-state index < -0.39 is 0 Å². The molecular weight excluding hydrogens is 175 g/mol. The average molecular weight is 183 g/mol. The highest BCUT2D eigenvalue weighted by atomic mass is 35.5. The summed E-state index contributed by atoms with van der Waals surface area (Å²) in [5.41, 5.74) is 0. The predicted octanol–water partition coefficient (Wildman–Crippen LogP) is 3.18. The van der Waals surface area contributed by atoms with Crippen LogP contribution in [0.3, 0.4) is 0 Å². The molecule has 0 amide bonds. The van der Waals surface area contributed by atoms with Gasteiger partial charge in [-0.3, -0.25) is 0 Å². The Balaban J connectivity index is -0.000000120. The van der Waals surface area contributed by atoms with E-state index in [1.54, 1.807) is 0 Å². The van der Waals surface area contributed by atoms with Gasteiger partial charge in [0.05, 0.1) is 0 Å². The van der Waals surface area contributed by atoms with Crippen molar-refractivity contribution in [2.75, 3.05) is 0 Å². The number of benzene rings is 1. The van der Waals surface area contributed by atoms with Gasteiger partial charge in [0, 0.05) is 13.5 Å². The van der Waals surface area contributed by atoms with Crippen molar-refractivity contribution in [1.29, 1.82) is 0 Å². The van der Waals surface area contributed by atoms with Gasteiger partial charge in [0.2, 0.25) is 0 Å². The Kier molecular flexibility index (Phi) is 19.7. The zero-order valence-corrected chi connectivity index (χ0v) is 7.14. The van der Waals surface area contributed by atoms with Crippen molar-refractivity contribution in [1.82, 2.24) is 0 Å². The summed E-state index contributed by atoms with van der Waals surface area (Å²) >= 11 is 0. The maximum Gasteiger partial charge on any atom is 0 e. The Morgan fingerprint density at radius 3 is 0.667 bits per heavy atom. The summed E-state index contributed by atoms with van der Waals surface area (Å²) < 4.78 is 0. The second kappa shape index (κ2) is 11.0. The Hall–Kier alpha value is 0.150. The predicted molar refractivity (Wildman–Crippen MR) is 48.5 cm³/mol. The molecule has 0 spiro atoms. The second-order valence-electron chi connectivity index (χ2n) is 1.15. The molecule has 0 unspecified atom stereocenters. The third-order valence-electron chi connectivity index (χ3n) is 0.667. The quantitative estimate of drug-likeness (QED) is 0.579. The van der Waals surface area contributed by atoms with E-state index in [4.69, 9.17) is 0 Å². The van der Waals surface area contributed by atoms with Gasteiger partial charge in [0.15, 0.2) is 0 Å². The molecule has 1 rings (SSSR count). The second-order valence-corrected chi connectivity index (χ2v) is 1.15. The minimum absolute atomic E-state index is 0. The zero-order chi connectivity index (χ0) is 4.24. The molecule has 0 nitrogen and oxygen atoms in total. The lowest BCUT2D eigenvalue weighted by Crippen LogP contribution is -1.47. The Labute approximate surface area is 74.9 Å². The molecule has 0 atom stereocenters. The van der Waals surface area contributed by atoms with E-state index in [2.05, 4.69) is 0 Å². The van der Waals surface area contributed by atoms with Crippen molar-refractivity contribution in [2.45, 2.75) is 0 Å². The van der Waals surface area contributed by atoms with Gasteiger partial charge >= 0.3 is 0 Å². The molecule has 0 aliphatic rings. The van der Waals surface area contributed by atoms with Crippen LogP contribution in [0.5, 0.6) is 0 Å². The first-order valence-electron chi connectivity index (χ1n) is 2.00. The highest BCUT2D eigenvalue weighted by molar-refractivity contribution is 7.59. The maximum atomic E-state index is 2.00. The van der Waals surface area contributed by atoms with Crippen LogP contribution in [0.1, 0.15) is 0 Å². The van der Waals surface area contributed by atoms with Crippen LogP contribution in [-0.2, 0) is 0 Å². The minimum Gasteiger partial charge on any atom is -0.147 e. The molecule has 0 saturated heterocycles. The molecule has 2 radical (unpaired) electrons. The molecule has 9 heavy (non-hydrogen) atoms. The van der Waals surface area contributed by atoms with Crippen molar-refractivity contribution in [2.24, 2.45) is 0 Å². The molecule has 1 aromatic carbocycles. The summed E-state index contributed by atoms with van der Waals surface area (Å²) in [7, 11) is 0. The molecule has 3 heteroatoms. The topological polar surface area (TPSA) is 0 Å². The molecular formula is C6H8Cl2S. The standard InChI is InChI=1S/C6H6.2ClH.S/c1-2-4-6-5-3-1;;;/h1-6H;2*1H;. The molecule has 0 aromatic heterocycles. The van der Waals surface area contributed by atoms with E-state index in [1.165, 1.54) is 0 Å². The highest BCUT2D eigenvalue weighted by Crippen LogP contribution is 1.79. The first-order chi connectivity index (χ1) is 3.00. The van der Waals surface area contributed by atoms with E-state index in [0.717, 1.165) is 0 Å². The lowest BCUT2D eigenvalue weighted by molar-refractivity contribution is 1.72. The van der Waals surface area contributed by atoms with Crippen molar-refractivity contribution >= 4 is 38.3 Å². The first-order valence-corrected chi connectivity index (χ1v) is 2.00. The first kappa shape index (κ1) is 16.1. The number of hydrogen-bond acceptors (Lipinski definition) is 0. The van der Waals surface area contributed by atoms with Gasteiger partial charge in [-0.15, -0.1) is 24.8 Å². The summed E-state index contributed by atoms with van der Waals surface area (Å²) in [5.74, 6) is 0. The molecule has 0 N–H and O–H groups in total. The summed E-state index contributed by atoms with van der Waals surface area (Å²) in [6.45, 7) is 0. The third-order valence-corrected chi connectivity index (χ3v) is 0.667. The van der Waals surface area contributed by atoms with Crippen LogP contribution in [0.25, 0.3) is 0 Å². The van der Waals surface area contributed by atoms with E-state index >= 15 is 0 Å². The summed E-state index contributed by atoms with van der Waals surface area (Å²) in [4.78, 5) is 0. The Morgan fingerprint density at radius 2 is 0.556 bits per heavy atom. The minimum atomic E-state index is 0. The van der Waals surface area contributed by atoms with Crippen LogP contribution in [-0.4, -0.2) is 0 Å². The van der Waals surface area contributed by atoms with Gasteiger partial charge in [-0.2, -0.15) is 0 Å². The fourth-order valence-electron chi connectivity index (χ4n) is 0.385. The smallest absolute Gasteiger partial charge is 0 e. The molecule has 0 fully saturated rings. The van der Waals surface area contributed by atoms with E-state index in [-0.39, 0.29) is 38.3 Å². The number of halogens is 2. The zero-order valence-electron chi connectivity index (χ0n) is 4.69. The fraction of sp³-hybridized carbons (Fsp3) is 0. The summed E-state index contributed by atoms with van der Waals surface area (Å²) in [5, 5.41) is 0. The molecule has 0 aliphatic carbocycles. The van der Waals surface area contributed by atoms with Crippen LogP contribution in [0.2, 0.25) is 0 Å². The molecule has 0 bridgehead atoms. The fourth-order valence-corrected chi connectivity index (χ4v) is 0.385. The third kappa shape index (κ3) is 8.15. The van der Waals surface area contributed by atoms with Gasteiger partial charge in [-0.1, -0.05) is 36.4 Å². The van der Waals surface area contributed by atoms with Crippen LogP contribution in [0.15, 0.2) is 36.4 Å². The van der Waals surface area contributed by atoms with Crippen molar-refractivity contribution in [3.63, 3.8) is 0 Å². The highest BCUT2D eigenvalue weighted by Gasteiger charge is 1.57. The Bertz CT molecular complexity index is 83.0. The molecule has 0 aliphatic heterocycles. The lowest BCUT2D eigenvalue weighted by atomic mass is 10.4. The van der Waals surface area contributed by atoms with Crippen molar-refractivity contribution in [3.05, 3.63) is 36.4 Å². The van der Waals surface area contributed by atoms with E-state index in [9.17, 15) is 0 Å². The molecule has 1 aromatic rings. The van der Waals surface area contributed by atoms with Gasteiger partial charge in [0.25, 0.3) is 0 Å². The number of rotatable bonds is 0. The largest absolute Gasteiger partial charge is 0.147 e.